The summed E-state index contributed by atoms with van der Waals surface area (Å²) in [4.78, 5) is 25.4. The molecule has 2 N–H and O–H groups in total. The molecule has 0 bridgehead atoms. The van der Waals surface area contributed by atoms with Gasteiger partial charge in [-0.1, -0.05) is 41.9 Å². The Balaban J connectivity index is 1.48. The van der Waals surface area contributed by atoms with Crippen LogP contribution in [0.1, 0.15) is 25.3 Å². The molecule has 0 radical (unpaired) electrons. The molecule has 1 unspecified atom stereocenters. The maximum Gasteiger partial charge on any atom is 0.224 e. The van der Waals surface area contributed by atoms with Gasteiger partial charge in [-0.25, -0.2) is 4.98 Å². The highest BCUT2D eigenvalue weighted by atomic mass is 35.5. The Hall–Kier alpha value is -2.80. The van der Waals surface area contributed by atoms with Crippen LogP contribution in [0.2, 0.25) is 5.02 Å². The monoisotopic (exact) mass is 442 g/mol. The molecule has 1 fully saturated rings. The van der Waals surface area contributed by atoms with Gasteiger partial charge in [-0.3, -0.25) is 9.79 Å². The molecule has 2 aromatic rings. The van der Waals surface area contributed by atoms with Gasteiger partial charge in [0.1, 0.15) is 5.82 Å². The van der Waals surface area contributed by atoms with E-state index in [4.69, 9.17) is 11.6 Å². The molecule has 0 spiro atoms. The third kappa shape index (κ3) is 6.85. The second-order valence-electron chi connectivity index (χ2n) is 7.63. The van der Waals surface area contributed by atoms with E-state index < -0.39 is 0 Å². The molecule has 1 aliphatic heterocycles. The average molecular weight is 443 g/mol. The van der Waals surface area contributed by atoms with E-state index in [9.17, 15) is 4.79 Å². The summed E-state index contributed by atoms with van der Waals surface area (Å²) in [5.74, 6) is 1.64. The Morgan fingerprint density at radius 3 is 2.84 bits per heavy atom. The zero-order chi connectivity index (χ0) is 22.1. The highest BCUT2D eigenvalue weighted by molar-refractivity contribution is 6.32. The number of aliphatic imine (C=N–C) groups is 1. The molecular formula is C23H31ClN6O. The van der Waals surface area contributed by atoms with Crippen LogP contribution >= 0.6 is 11.6 Å². The number of halogens is 1. The van der Waals surface area contributed by atoms with Crippen molar-refractivity contribution in [2.45, 2.75) is 32.4 Å². The molecule has 2 heterocycles. The zero-order valence-corrected chi connectivity index (χ0v) is 19.0. The quantitative estimate of drug-likeness (QED) is 0.485. The Morgan fingerprint density at radius 1 is 1.29 bits per heavy atom. The third-order valence-corrected chi connectivity index (χ3v) is 5.49. The summed E-state index contributed by atoms with van der Waals surface area (Å²) in [6.07, 6.45) is 3.11. The number of carbonyl (C=O) groups excluding carboxylic acids is 1. The van der Waals surface area contributed by atoms with Gasteiger partial charge in [0.25, 0.3) is 0 Å². The zero-order valence-electron chi connectivity index (χ0n) is 18.2. The predicted molar refractivity (Wildman–Crippen MR) is 127 cm³/mol. The van der Waals surface area contributed by atoms with Crippen LogP contribution in [0.5, 0.6) is 0 Å². The smallest absolute Gasteiger partial charge is 0.224 e. The standard InChI is InChI=1S/C23H31ClN6O/c1-3-25-23(27-14-11-21(31)29(2)16-18-8-5-4-6-9-18)28-19-12-15-30(17-19)22-20(24)10-7-13-26-22/h4-10,13,19H,3,11-12,14-17H2,1-2H3,(H2,25,27,28). The molecule has 1 aromatic heterocycles. The highest BCUT2D eigenvalue weighted by Gasteiger charge is 2.25. The fraction of sp³-hybridized carbons (Fsp3) is 0.435. The number of anilines is 1. The molecule has 31 heavy (non-hydrogen) atoms. The number of guanidine groups is 1. The molecule has 166 valence electrons. The number of nitrogens with one attached hydrogen (secondary N) is 2. The van der Waals surface area contributed by atoms with E-state index in [2.05, 4.69) is 25.5 Å². The van der Waals surface area contributed by atoms with Crippen molar-refractivity contribution in [1.29, 1.82) is 0 Å². The Labute approximate surface area is 189 Å². The van der Waals surface area contributed by atoms with Gasteiger partial charge in [0, 0.05) is 51.9 Å². The summed E-state index contributed by atoms with van der Waals surface area (Å²) in [5.41, 5.74) is 1.12. The number of amides is 1. The Morgan fingerprint density at radius 2 is 2.10 bits per heavy atom. The summed E-state index contributed by atoms with van der Waals surface area (Å²) < 4.78 is 0. The van der Waals surface area contributed by atoms with Crippen LogP contribution in [0.3, 0.4) is 0 Å². The highest BCUT2D eigenvalue weighted by Crippen LogP contribution is 2.25. The SMILES string of the molecule is CCNC(=NCCC(=O)N(C)Cc1ccccc1)NC1CCN(c2ncccc2Cl)C1. The van der Waals surface area contributed by atoms with Gasteiger partial charge in [-0.05, 0) is 31.0 Å². The van der Waals surface area contributed by atoms with E-state index in [1.54, 1.807) is 11.1 Å². The van der Waals surface area contributed by atoms with E-state index in [0.717, 1.165) is 43.4 Å². The summed E-state index contributed by atoms with van der Waals surface area (Å²) >= 11 is 6.29. The van der Waals surface area contributed by atoms with Gasteiger partial charge >= 0.3 is 0 Å². The first-order valence-corrected chi connectivity index (χ1v) is 11.1. The van der Waals surface area contributed by atoms with Gasteiger partial charge in [0.15, 0.2) is 5.96 Å². The summed E-state index contributed by atoms with van der Waals surface area (Å²) in [5, 5.41) is 7.42. The summed E-state index contributed by atoms with van der Waals surface area (Å²) in [7, 11) is 1.83. The number of rotatable bonds is 8. The fourth-order valence-electron chi connectivity index (χ4n) is 3.59. The van der Waals surface area contributed by atoms with E-state index in [1.807, 2.05) is 56.4 Å². The number of benzene rings is 1. The first kappa shape index (κ1) is 22.9. The lowest BCUT2D eigenvalue weighted by Gasteiger charge is -2.20. The first-order valence-electron chi connectivity index (χ1n) is 10.7. The minimum absolute atomic E-state index is 0.0836. The van der Waals surface area contributed by atoms with Gasteiger partial charge in [-0.2, -0.15) is 0 Å². The number of aromatic nitrogens is 1. The maximum absolute atomic E-state index is 12.5. The maximum atomic E-state index is 12.5. The fourth-order valence-corrected chi connectivity index (χ4v) is 3.83. The number of nitrogens with zero attached hydrogens (tertiary/aromatic N) is 4. The molecule has 1 aliphatic rings. The summed E-state index contributed by atoms with van der Waals surface area (Å²) in [6.45, 7) is 5.53. The average Bonchev–Trinajstić information content (AvgIpc) is 3.23. The van der Waals surface area contributed by atoms with Gasteiger partial charge < -0.3 is 20.4 Å². The van der Waals surface area contributed by atoms with Crippen molar-refractivity contribution in [2.24, 2.45) is 4.99 Å². The van der Waals surface area contributed by atoms with Crippen molar-refractivity contribution in [3.63, 3.8) is 0 Å². The molecule has 8 heteroatoms. The molecule has 1 amide bonds. The number of pyridine rings is 1. The predicted octanol–water partition coefficient (Wildman–Crippen LogP) is 2.92. The molecular weight excluding hydrogens is 412 g/mol. The van der Waals surface area contributed by atoms with Crippen LogP contribution in [0.25, 0.3) is 0 Å². The number of carbonyl (C=O) groups is 1. The number of hydrogen-bond acceptors (Lipinski definition) is 4. The normalized spacial score (nSPS) is 16.3. The molecule has 7 nitrogen and oxygen atoms in total. The van der Waals surface area contributed by atoms with Gasteiger partial charge in [-0.15, -0.1) is 0 Å². The number of hydrogen-bond donors (Lipinski definition) is 2. The molecule has 0 saturated carbocycles. The van der Waals surface area contributed by atoms with Crippen LogP contribution in [0, 0.1) is 0 Å². The molecule has 3 rings (SSSR count). The lowest BCUT2D eigenvalue weighted by atomic mass is 10.2. The van der Waals surface area contributed by atoms with Crippen LogP contribution in [0.4, 0.5) is 5.82 Å². The van der Waals surface area contributed by atoms with Gasteiger partial charge in [0.2, 0.25) is 5.91 Å². The van der Waals surface area contributed by atoms with E-state index in [-0.39, 0.29) is 11.9 Å². The molecule has 1 aromatic carbocycles. The van der Waals surface area contributed by atoms with Crippen molar-refractivity contribution >= 4 is 29.3 Å². The summed E-state index contributed by atoms with van der Waals surface area (Å²) in [6, 6.07) is 13.9. The largest absolute Gasteiger partial charge is 0.357 e. The van der Waals surface area contributed by atoms with Crippen LogP contribution < -0.4 is 15.5 Å². The first-order chi connectivity index (χ1) is 15.1. The van der Waals surface area contributed by atoms with E-state index >= 15 is 0 Å². The third-order valence-electron chi connectivity index (χ3n) is 5.20. The van der Waals surface area contributed by atoms with Crippen molar-refractivity contribution in [3.05, 3.63) is 59.2 Å². The molecule has 0 aliphatic carbocycles. The van der Waals surface area contributed by atoms with Crippen molar-refractivity contribution in [1.82, 2.24) is 20.5 Å². The minimum Gasteiger partial charge on any atom is -0.357 e. The molecule has 1 atom stereocenters. The lowest BCUT2D eigenvalue weighted by molar-refractivity contribution is -0.130. The van der Waals surface area contributed by atoms with E-state index in [0.29, 0.717) is 24.5 Å². The van der Waals surface area contributed by atoms with Crippen LogP contribution in [-0.2, 0) is 11.3 Å². The topological polar surface area (TPSA) is 72.9 Å². The van der Waals surface area contributed by atoms with Crippen molar-refractivity contribution < 1.29 is 4.79 Å². The second kappa shape index (κ2) is 11.6. The lowest BCUT2D eigenvalue weighted by Crippen LogP contribution is -2.44. The molecule has 1 saturated heterocycles. The van der Waals surface area contributed by atoms with Crippen LogP contribution in [0.15, 0.2) is 53.7 Å². The minimum atomic E-state index is 0.0836. The van der Waals surface area contributed by atoms with Crippen LogP contribution in [-0.4, -0.2) is 61.0 Å². The van der Waals surface area contributed by atoms with E-state index in [1.165, 1.54) is 0 Å². The Bertz CT molecular complexity index is 875. The van der Waals surface area contributed by atoms with Crippen molar-refractivity contribution in [3.8, 4) is 0 Å². The Kier molecular flexibility index (Phi) is 8.53. The van der Waals surface area contributed by atoms with Gasteiger partial charge in [0.05, 0.1) is 11.6 Å². The second-order valence-corrected chi connectivity index (χ2v) is 8.04. The van der Waals surface area contributed by atoms with Crippen molar-refractivity contribution in [2.75, 3.05) is 38.1 Å².